The third-order valence-electron chi connectivity index (χ3n) is 8.24. The first-order valence-electron chi connectivity index (χ1n) is 12.7. The first kappa shape index (κ1) is 24.0. The molecule has 34 heavy (non-hydrogen) atoms. The number of sulfonamides is 1. The number of anilines is 1. The maximum Gasteiger partial charge on any atom is 0.248 e. The molecule has 1 saturated carbocycles. The molecule has 5 rings (SSSR count). The first-order valence-corrected chi connectivity index (χ1v) is 14.2. The lowest BCUT2D eigenvalue weighted by atomic mass is 9.89. The fourth-order valence-electron chi connectivity index (χ4n) is 6.34. The van der Waals surface area contributed by atoms with Gasteiger partial charge in [-0.15, -0.1) is 0 Å². The molecule has 0 spiro atoms. The normalized spacial score (nSPS) is 30.3. The highest BCUT2D eigenvalue weighted by Crippen LogP contribution is 2.39. The second-order valence-electron chi connectivity index (χ2n) is 10.6. The molecule has 6 nitrogen and oxygen atoms in total. The fraction of sp³-hybridized carbons (Fsp3) is 0.720. The lowest BCUT2D eigenvalue weighted by Gasteiger charge is -2.42. The summed E-state index contributed by atoms with van der Waals surface area (Å²) in [5.74, 6) is -2.53. The summed E-state index contributed by atoms with van der Waals surface area (Å²) in [6, 6.07) is 4.48. The molecule has 0 aromatic heterocycles. The Hall–Kier alpha value is -1.74. The van der Waals surface area contributed by atoms with Gasteiger partial charge < -0.3 is 9.80 Å². The molecule has 2 bridgehead atoms. The molecule has 0 unspecified atom stereocenters. The molecule has 2 saturated heterocycles. The van der Waals surface area contributed by atoms with Crippen molar-refractivity contribution in [1.29, 1.82) is 0 Å². The molecule has 4 aliphatic rings. The number of carbonyl (C=O) groups is 1. The summed E-state index contributed by atoms with van der Waals surface area (Å²) in [6.45, 7) is 4.36. The Bertz CT molecular complexity index is 1040. The third kappa shape index (κ3) is 4.45. The maximum absolute atomic E-state index is 13.9. The number of nitrogens with zero attached hydrogens (tertiary/aromatic N) is 3. The van der Waals surface area contributed by atoms with E-state index < -0.39 is 22.0 Å². The van der Waals surface area contributed by atoms with Crippen molar-refractivity contribution in [2.75, 3.05) is 31.1 Å². The van der Waals surface area contributed by atoms with Crippen molar-refractivity contribution in [2.45, 2.75) is 87.6 Å². The zero-order valence-electron chi connectivity index (χ0n) is 19.9. The highest BCUT2D eigenvalue weighted by molar-refractivity contribution is 7.89. The molecule has 0 N–H and O–H groups in total. The number of alkyl halides is 2. The Morgan fingerprint density at radius 1 is 0.971 bits per heavy atom. The van der Waals surface area contributed by atoms with Crippen molar-refractivity contribution in [3.63, 3.8) is 0 Å². The molecular formula is C25H35F2N3O3S. The maximum atomic E-state index is 13.9. The van der Waals surface area contributed by atoms with Crippen molar-refractivity contribution in [2.24, 2.45) is 5.92 Å². The molecule has 1 aliphatic carbocycles. The summed E-state index contributed by atoms with van der Waals surface area (Å²) >= 11 is 0. The lowest BCUT2D eigenvalue weighted by molar-refractivity contribution is -0.140. The van der Waals surface area contributed by atoms with Crippen molar-refractivity contribution >= 4 is 21.6 Å². The van der Waals surface area contributed by atoms with Gasteiger partial charge in [-0.25, -0.2) is 17.2 Å². The molecule has 3 aliphatic heterocycles. The Kier molecular flexibility index (Phi) is 6.38. The van der Waals surface area contributed by atoms with Crippen LogP contribution >= 0.6 is 0 Å². The van der Waals surface area contributed by atoms with Gasteiger partial charge in [0.05, 0.1) is 5.69 Å². The van der Waals surface area contributed by atoms with Gasteiger partial charge in [0, 0.05) is 45.1 Å². The van der Waals surface area contributed by atoms with Gasteiger partial charge >= 0.3 is 0 Å². The quantitative estimate of drug-likeness (QED) is 0.587. The number of hydrogen-bond donors (Lipinski definition) is 0. The standard InChI is InChI=1S/C25H35F2N3O3S/c1-18-6-7-23-22(16-18)28-13-2-4-19(17-28)10-15-29(20-8-11-25(26,27)12-9-20)24(31)21-5-3-14-30(21)34(23,32)33/h6-7,16,19-21H,2-5,8-15,17H2,1H3/t19-,21-/m0/s1. The third-order valence-corrected chi connectivity index (χ3v) is 10.2. The van der Waals surface area contributed by atoms with Crippen LogP contribution in [0, 0.1) is 12.8 Å². The van der Waals surface area contributed by atoms with E-state index >= 15 is 0 Å². The molecule has 1 aromatic carbocycles. The first-order chi connectivity index (χ1) is 16.2. The molecule has 0 radical (unpaired) electrons. The summed E-state index contributed by atoms with van der Waals surface area (Å²) in [5, 5.41) is 0. The lowest BCUT2D eigenvalue weighted by Crippen LogP contribution is -2.53. The van der Waals surface area contributed by atoms with Gasteiger partial charge in [0.2, 0.25) is 21.9 Å². The van der Waals surface area contributed by atoms with E-state index in [2.05, 4.69) is 4.90 Å². The highest BCUT2D eigenvalue weighted by atomic mass is 32.2. The largest absolute Gasteiger partial charge is 0.370 e. The molecule has 1 aromatic rings. The van der Waals surface area contributed by atoms with E-state index in [4.69, 9.17) is 0 Å². The van der Waals surface area contributed by atoms with Gasteiger partial charge in [-0.3, -0.25) is 4.79 Å². The van der Waals surface area contributed by atoms with E-state index in [0.29, 0.717) is 31.8 Å². The van der Waals surface area contributed by atoms with Gasteiger partial charge in [0.1, 0.15) is 10.9 Å². The summed E-state index contributed by atoms with van der Waals surface area (Å²) in [4.78, 5) is 18.1. The monoisotopic (exact) mass is 495 g/mol. The number of rotatable bonds is 1. The topological polar surface area (TPSA) is 60.9 Å². The van der Waals surface area contributed by atoms with Crippen LogP contribution in [0.2, 0.25) is 0 Å². The smallest absolute Gasteiger partial charge is 0.248 e. The zero-order valence-corrected chi connectivity index (χ0v) is 20.7. The van der Waals surface area contributed by atoms with Crippen LogP contribution in [0.1, 0.15) is 63.4 Å². The van der Waals surface area contributed by atoms with E-state index in [-0.39, 0.29) is 42.5 Å². The Morgan fingerprint density at radius 3 is 2.47 bits per heavy atom. The number of benzene rings is 1. The molecule has 188 valence electrons. The summed E-state index contributed by atoms with van der Waals surface area (Å²) in [5.41, 5.74) is 1.76. The summed E-state index contributed by atoms with van der Waals surface area (Å²) < 4.78 is 57.0. The number of carbonyl (C=O) groups excluding carboxylic acids is 1. The molecule has 2 atom stereocenters. The van der Waals surface area contributed by atoms with Crippen LogP contribution in [0.4, 0.5) is 14.5 Å². The van der Waals surface area contributed by atoms with E-state index in [1.54, 1.807) is 11.0 Å². The Labute approximate surface area is 201 Å². The van der Waals surface area contributed by atoms with Crippen LogP contribution < -0.4 is 4.90 Å². The van der Waals surface area contributed by atoms with E-state index in [1.165, 1.54) is 4.31 Å². The number of fused-ring (bicyclic) bond motifs is 5. The average Bonchev–Trinajstić information content (AvgIpc) is 3.30. The molecule has 3 fully saturated rings. The summed E-state index contributed by atoms with van der Waals surface area (Å²) in [6.07, 6.45) is 4.05. The number of halogens is 2. The van der Waals surface area contributed by atoms with Crippen molar-refractivity contribution in [3.8, 4) is 0 Å². The second kappa shape index (κ2) is 9.04. The second-order valence-corrected chi connectivity index (χ2v) is 12.5. The average molecular weight is 496 g/mol. The Balaban J connectivity index is 1.54. The highest BCUT2D eigenvalue weighted by Gasteiger charge is 2.45. The van der Waals surface area contributed by atoms with E-state index in [0.717, 1.165) is 43.6 Å². The number of amides is 1. The molecule has 3 heterocycles. The van der Waals surface area contributed by atoms with Gasteiger partial charge in [-0.2, -0.15) is 4.31 Å². The minimum absolute atomic E-state index is 0.196. The van der Waals surface area contributed by atoms with E-state index in [1.807, 2.05) is 19.1 Å². The van der Waals surface area contributed by atoms with Crippen LogP contribution in [0.15, 0.2) is 23.1 Å². The predicted octanol–water partition coefficient (Wildman–Crippen LogP) is 4.17. The molecule has 1 amide bonds. The van der Waals surface area contributed by atoms with Crippen LogP contribution in [0.5, 0.6) is 0 Å². The number of hydrogen-bond acceptors (Lipinski definition) is 4. The van der Waals surface area contributed by atoms with Crippen molar-refractivity contribution in [1.82, 2.24) is 9.21 Å². The van der Waals surface area contributed by atoms with Crippen LogP contribution in [0.3, 0.4) is 0 Å². The minimum atomic E-state index is -3.88. The van der Waals surface area contributed by atoms with Gasteiger partial charge in [-0.1, -0.05) is 6.07 Å². The van der Waals surface area contributed by atoms with Crippen LogP contribution in [0.25, 0.3) is 0 Å². The van der Waals surface area contributed by atoms with Gasteiger partial charge in [0.25, 0.3) is 0 Å². The van der Waals surface area contributed by atoms with Gasteiger partial charge in [0.15, 0.2) is 0 Å². The van der Waals surface area contributed by atoms with Gasteiger partial charge in [-0.05, 0) is 75.5 Å². The predicted molar refractivity (Wildman–Crippen MR) is 127 cm³/mol. The SMILES string of the molecule is Cc1ccc2c(c1)N1CCC[C@@H](CCN(C3CCC(F)(F)CC3)C(=O)[C@@H]3CCCN3S2(=O)=O)C1. The van der Waals surface area contributed by atoms with Crippen molar-refractivity contribution < 1.29 is 22.0 Å². The fourth-order valence-corrected chi connectivity index (χ4v) is 8.18. The van der Waals surface area contributed by atoms with Crippen LogP contribution in [-0.4, -0.2) is 67.7 Å². The zero-order chi connectivity index (χ0) is 24.1. The minimum Gasteiger partial charge on any atom is -0.370 e. The molecule has 9 heteroatoms. The van der Waals surface area contributed by atoms with E-state index in [9.17, 15) is 22.0 Å². The molecular weight excluding hydrogens is 460 g/mol. The number of aryl methyl sites for hydroxylation is 1. The van der Waals surface area contributed by atoms with Crippen molar-refractivity contribution in [3.05, 3.63) is 23.8 Å². The number of piperidine rings is 1. The summed E-state index contributed by atoms with van der Waals surface area (Å²) in [7, 11) is -3.88. The Morgan fingerprint density at radius 2 is 1.71 bits per heavy atom. The van der Waals surface area contributed by atoms with Crippen LogP contribution in [-0.2, 0) is 14.8 Å².